The van der Waals surface area contributed by atoms with E-state index >= 15 is 0 Å². The summed E-state index contributed by atoms with van der Waals surface area (Å²) >= 11 is 3.40. The van der Waals surface area contributed by atoms with Crippen molar-refractivity contribution in [3.63, 3.8) is 0 Å². The molecule has 2 aromatic carbocycles. The van der Waals surface area contributed by atoms with E-state index in [0.717, 1.165) is 30.2 Å². The van der Waals surface area contributed by atoms with Gasteiger partial charge in [0, 0.05) is 23.2 Å². The molecule has 174 valence electrons. The molecule has 0 heterocycles. The lowest BCUT2D eigenvalue weighted by Gasteiger charge is -2.30. The van der Waals surface area contributed by atoms with Crippen LogP contribution in [0.25, 0.3) is 0 Å². The predicted octanol–water partition coefficient (Wildman–Crippen LogP) is 5.69. The third kappa shape index (κ3) is 6.11. The molecular weight excluding hydrogens is 492 g/mol. The van der Waals surface area contributed by atoms with Crippen molar-refractivity contribution in [1.82, 2.24) is 4.31 Å². The second-order valence-corrected chi connectivity index (χ2v) is 11.6. The quantitative estimate of drug-likeness (QED) is 0.483. The summed E-state index contributed by atoms with van der Waals surface area (Å²) < 4.78 is 34.1. The number of benzene rings is 2. The van der Waals surface area contributed by atoms with Crippen molar-refractivity contribution in [3.8, 4) is 5.75 Å². The molecule has 1 aliphatic rings. The molecule has 3 rings (SSSR count). The van der Waals surface area contributed by atoms with E-state index in [2.05, 4.69) is 21.2 Å². The Morgan fingerprint density at radius 2 is 1.78 bits per heavy atom. The van der Waals surface area contributed by atoms with Gasteiger partial charge in [0.25, 0.3) is 5.91 Å². The number of nitrogens with zero attached hydrogens (tertiary/aromatic N) is 1. The van der Waals surface area contributed by atoms with Crippen molar-refractivity contribution in [1.29, 1.82) is 0 Å². The van der Waals surface area contributed by atoms with Crippen molar-refractivity contribution in [2.24, 2.45) is 5.92 Å². The number of amides is 1. The number of carbonyl (C=O) groups excluding carboxylic acids is 1. The van der Waals surface area contributed by atoms with Gasteiger partial charge in [-0.2, -0.15) is 4.31 Å². The molecule has 0 radical (unpaired) electrons. The second kappa shape index (κ2) is 10.8. The molecule has 0 spiro atoms. The highest BCUT2D eigenvalue weighted by Crippen LogP contribution is 2.28. The zero-order chi connectivity index (χ0) is 23.3. The van der Waals surface area contributed by atoms with Crippen molar-refractivity contribution in [3.05, 3.63) is 52.5 Å². The van der Waals surface area contributed by atoms with Gasteiger partial charge in [0.2, 0.25) is 10.0 Å². The van der Waals surface area contributed by atoms with E-state index < -0.39 is 10.0 Å². The summed E-state index contributed by atoms with van der Waals surface area (Å²) in [4.78, 5) is 13.1. The fraction of sp³-hybridized carbons (Fsp3) is 0.458. The van der Waals surface area contributed by atoms with Gasteiger partial charge in [0.15, 0.2) is 0 Å². The number of halogens is 1. The molecule has 1 amide bonds. The smallest absolute Gasteiger partial charge is 0.259 e. The van der Waals surface area contributed by atoms with Gasteiger partial charge < -0.3 is 10.1 Å². The largest absolute Gasteiger partial charge is 0.492 e. The summed E-state index contributed by atoms with van der Waals surface area (Å²) in [5.41, 5.74) is 0.929. The van der Waals surface area contributed by atoms with Gasteiger partial charge in [-0.3, -0.25) is 4.79 Å². The first-order chi connectivity index (χ1) is 15.2. The maximum Gasteiger partial charge on any atom is 0.259 e. The lowest BCUT2D eigenvalue weighted by Crippen LogP contribution is -2.38. The SMILES string of the molecule is CC(C)COc1ccc(Br)cc1C(=O)Nc1ccc(S(=O)(=O)N(C)C2CCCCC2)cc1. The van der Waals surface area contributed by atoms with Crippen LogP contribution in [0.5, 0.6) is 5.75 Å². The molecule has 2 aromatic rings. The monoisotopic (exact) mass is 522 g/mol. The van der Waals surface area contributed by atoms with E-state index in [1.54, 1.807) is 43.4 Å². The van der Waals surface area contributed by atoms with Gasteiger partial charge in [-0.25, -0.2) is 8.42 Å². The first kappa shape index (κ1) is 24.7. The van der Waals surface area contributed by atoms with Crippen LogP contribution in [0.2, 0.25) is 0 Å². The van der Waals surface area contributed by atoms with Crippen molar-refractivity contribution in [2.45, 2.75) is 56.9 Å². The van der Waals surface area contributed by atoms with Crippen LogP contribution >= 0.6 is 15.9 Å². The van der Waals surface area contributed by atoms with E-state index in [9.17, 15) is 13.2 Å². The number of sulfonamides is 1. The van der Waals surface area contributed by atoms with Gasteiger partial charge in [0.05, 0.1) is 17.1 Å². The van der Waals surface area contributed by atoms with Crippen molar-refractivity contribution >= 4 is 37.5 Å². The first-order valence-corrected chi connectivity index (χ1v) is 13.2. The summed E-state index contributed by atoms with van der Waals surface area (Å²) in [5, 5.41) is 2.84. The second-order valence-electron chi connectivity index (χ2n) is 8.64. The highest BCUT2D eigenvalue weighted by Gasteiger charge is 2.29. The topological polar surface area (TPSA) is 75.7 Å². The minimum Gasteiger partial charge on any atom is -0.492 e. The molecule has 8 heteroatoms. The van der Waals surface area contributed by atoms with Crippen molar-refractivity contribution in [2.75, 3.05) is 19.0 Å². The fourth-order valence-corrected chi connectivity index (χ4v) is 5.55. The highest BCUT2D eigenvalue weighted by atomic mass is 79.9. The Morgan fingerprint density at radius 3 is 2.41 bits per heavy atom. The maximum absolute atomic E-state index is 13.0. The standard InChI is InChI=1S/C24H31BrN2O4S/c1-17(2)16-31-23-14-9-18(25)15-22(23)24(28)26-19-10-12-21(13-11-19)32(29,30)27(3)20-7-5-4-6-8-20/h9-15,17,20H,4-8,16H2,1-3H3,(H,26,28). The van der Waals surface area contributed by atoms with Crippen LogP contribution in [0.1, 0.15) is 56.3 Å². The Bertz CT molecular complexity index is 1030. The summed E-state index contributed by atoms with van der Waals surface area (Å²) in [5.74, 6) is 0.517. The zero-order valence-electron chi connectivity index (χ0n) is 18.8. The molecule has 1 saturated carbocycles. The molecule has 0 aliphatic heterocycles. The van der Waals surface area contributed by atoms with Crippen LogP contribution < -0.4 is 10.1 Å². The molecule has 32 heavy (non-hydrogen) atoms. The van der Waals surface area contributed by atoms with Crippen molar-refractivity contribution < 1.29 is 17.9 Å². The minimum absolute atomic E-state index is 0.0499. The molecule has 1 aliphatic carbocycles. The lowest BCUT2D eigenvalue weighted by molar-refractivity contribution is 0.102. The van der Waals surface area contributed by atoms with Crippen LogP contribution in [0, 0.1) is 5.92 Å². The van der Waals surface area contributed by atoms with E-state index in [4.69, 9.17) is 4.74 Å². The van der Waals surface area contributed by atoms with Gasteiger partial charge >= 0.3 is 0 Å². The Morgan fingerprint density at radius 1 is 1.12 bits per heavy atom. The number of carbonyl (C=O) groups is 1. The van der Waals surface area contributed by atoms with E-state index in [-0.39, 0.29) is 16.8 Å². The molecule has 0 saturated heterocycles. The molecule has 1 fully saturated rings. The third-order valence-electron chi connectivity index (χ3n) is 5.64. The van der Waals surface area contributed by atoms with Crippen LogP contribution in [0.15, 0.2) is 51.8 Å². The summed E-state index contributed by atoms with van der Waals surface area (Å²) in [6, 6.07) is 11.7. The first-order valence-electron chi connectivity index (χ1n) is 11.0. The maximum atomic E-state index is 13.0. The lowest BCUT2D eigenvalue weighted by atomic mass is 9.96. The Labute approximate surface area is 199 Å². The van der Waals surface area contributed by atoms with Gasteiger partial charge in [-0.15, -0.1) is 0 Å². The van der Waals surface area contributed by atoms with Gasteiger partial charge in [0.1, 0.15) is 5.75 Å². The molecule has 0 atom stereocenters. The van der Waals surface area contributed by atoms with Crippen LogP contribution in [-0.4, -0.2) is 38.3 Å². The number of hydrogen-bond acceptors (Lipinski definition) is 4. The number of rotatable bonds is 8. The Balaban J connectivity index is 1.73. The van der Waals surface area contributed by atoms with E-state index in [1.165, 1.54) is 10.7 Å². The molecule has 1 N–H and O–H groups in total. The average molecular weight is 523 g/mol. The third-order valence-corrected chi connectivity index (χ3v) is 8.05. The van der Waals surface area contributed by atoms with Crippen LogP contribution in [0.3, 0.4) is 0 Å². The predicted molar refractivity (Wildman–Crippen MR) is 131 cm³/mol. The number of anilines is 1. The molecule has 0 bridgehead atoms. The van der Waals surface area contributed by atoms with Gasteiger partial charge in [-0.1, -0.05) is 49.0 Å². The minimum atomic E-state index is -3.57. The summed E-state index contributed by atoms with van der Waals surface area (Å²) in [6.07, 6.45) is 5.10. The number of ether oxygens (including phenoxy) is 1. The van der Waals surface area contributed by atoms with Gasteiger partial charge in [-0.05, 0) is 61.2 Å². The van der Waals surface area contributed by atoms with E-state index in [0.29, 0.717) is 29.5 Å². The molecule has 0 unspecified atom stereocenters. The molecule has 0 aromatic heterocycles. The summed E-state index contributed by atoms with van der Waals surface area (Å²) in [7, 11) is -1.91. The number of hydrogen-bond donors (Lipinski definition) is 1. The Hall–Kier alpha value is -1.90. The van der Waals surface area contributed by atoms with E-state index in [1.807, 2.05) is 19.9 Å². The average Bonchev–Trinajstić information content (AvgIpc) is 2.78. The molecular formula is C24H31BrN2O4S. The van der Waals surface area contributed by atoms with Crippen LogP contribution in [-0.2, 0) is 10.0 Å². The zero-order valence-corrected chi connectivity index (χ0v) is 21.2. The fourth-order valence-electron chi connectivity index (χ4n) is 3.78. The van der Waals surface area contributed by atoms with Crippen LogP contribution in [0.4, 0.5) is 5.69 Å². The molecule has 6 nitrogen and oxygen atoms in total. The summed E-state index contributed by atoms with van der Waals surface area (Å²) in [6.45, 7) is 4.59. The highest BCUT2D eigenvalue weighted by molar-refractivity contribution is 9.10. The Kier molecular flexibility index (Phi) is 8.36. The normalized spacial score (nSPS) is 15.2. The number of nitrogens with one attached hydrogen (secondary N) is 1.